The number of carbonyl (C=O) groups excluding carboxylic acids is 1. The number of anilines is 1. The fourth-order valence-electron chi connectivity index (χ4n) is 1.43. The van der Waals surface area contributed by atoms with E-state index in [4.69, 9.17) is 17.3 Å². The third kappa shape index (κ3) is 3.73. The Morgan fingerprint density at radius 2 is 2.05 bits per heavy atom. The van der Waals surface area contributed by atoms with Crippen LogP contribution in [0.2, 0.25) is 5.02 Å². The molecule has 0 saturated heterocycles. The Kier molecular flexibility index (Phi) is 4.43. The molecule has 0 aliphatic rings. The normalized spacial score (nSPS) is 11.2. The average Bonchev–Trinajstić information content (AvgIpc) is 2.29. The van der Waals surface area contributed by atoms with Crippen molar-refractivity contribution in [2.45, 2.75) is 6.18 Å². The van der Waals surface area contributed by atoms with Gasteiger partial charge in [-0.3, -0.25) is 14.9 Å². The van der Waals surface area contributed by atoms with Crippen LogP contribution in [-0.2, 0) is 0 Å². The van der Waals surface area contributed by atoms with Gasteiger partial charge in [-0.2, -0.15) is 13.2 Å². The zero-order valence-corrected chi connectivity index (χ0v) is 10.8. The van der Waals surface area contributed by atoms with E-state index < -0.39 is 34.8 Å². The minimum Gasteiger partial charge on any atom is -0.397 e. The molecule has 0 fully saturated rings. The summed E-state index contributed by atoms with van der Waals surface area (Å²) in [6.45, 7) is -1.51. The number of alkyl halides is 3. The van der Waals surface area contributed by atoms with Gasteiger partial charge in [0.05, 0.1) is 21.2 Å². The lowest BCUT2D eigenvalue weighted by Crippen LogP contribution is -2.36. The number of benzene rings is 1. The van der Waals surface area contributed by atoms with Crippen molar-refractivity contribution in [2.24, 2.45) is 0 Å². The molecule has 1 amide bonds. The van der Waals surface area contributed by atoms with Gasteiger partial charge in [-0.1, -0.05) is 11.6 Å². The molecule has 1 aromatic carbocycles. The Morgan fingerprint density at radius 1 is 1.50 bits per heavy atom. The van der Waals surface area contributed by atoms with E-state index in [1.165, 1.54) is 0 Å². The predicted octanol–water partition coefficient (Wildman–Crippen LogP) is 2.46. The highest BCUT2D eigenvalue weighted by Gasteiger charge is 2.32. The molecule has 0 saturated carbocycles. The molecule has 10 heteroatoms. The number of rotatable bonds is 3. The minimum atomic E-state index is -4.59. The highest BCUT2D eigenvalue weighted by Crippen LogP contribution is 2.30. The highest BCUT2D eigenvalue weighted by molar-refractivity contribution is 6.34. The summed E-state index contributed by atoms with van der Waals surface area (Å²) in [5.74, 6) is -1.11. The van der Waals surface area contributed by atoms with Gasteiger partial charge >= 0.3 is 6.18 Å². The molecule has 2 N–H and O–H groups in total. The molecule has 0 atom stereocenters. The van der Waals surface area contributed by atoms with Gasteiger partial charge in [-0.05, 0) is 0 Å². The molecule has 0 aromatic heterocycles. The number of amides is 1. The van der Waals surface area contributed by atoms with Crippen LogP contribution in [0.25, 0.3) is 0 Å². The van der Waals surface area contributed by atoms with Crippen LogP contribution in [0.4, 0.5) is 24.5 Å². The van der Waals surface area contributed by atoms with Gasteiger partial charge in [0.1, 0.15) is 6.54 Å². The van der Waals surface area contributed by atoms with E-state index in [9.17, 15) is 28.1 Å². The number of halogens is 4. The maximum atomic E-state index is 12.2. The molecule has 0 unspecified atom stereocenters. The van der Waals surface area contributed by atoms with Crippen LogP contribution in [0.5, 0.6) is 0 Å². The zero-order chi connectivity index (χ0) is 15.7. The van der Waals surface area contributed by atoms with E-state index >= 15 is 0 Å². The van der Waals surface area contributed by atoms with Crippen LogP contribution in [0.3, 0.4) is 0 Å². The first-order chi connectivity index (χ1) is 9.03. The second-order valence-electron chi connectivity index (χ2n) is 3.92. The summed E-state index contributed by atoms with van der Waals surface area (Å²) in [6, 6.07) is 1.70. The van der Waals surface area contributed by atoms with Crippen LogP contribution in [0.15, 0.2) is 12.1 Å². The second-order valence-corrected chi connectivity index (χ2v) is 4.33. The molecular weight excluding hydrogens is 303 g/mol. The summed E-state index contributed by atoms with van der Waals surface area (Å²) >= 11 is 5.62. The molecule has 6 nitrogen and oxygen atoms in total. The molecular formula is C10H9ClF3N3O3. The van der Waals surface area contributed by atoms with Crippen molar-refractivity contribution in [3.63, 3.8) is 0 Å². The number of nitro benzene ring substituents is 1. The zero-order valence-electron chi connectivity index (χ0n) is 10.1. The SMILES string of the molecule is CN(CC(F)(F)F)C(=O)c1cc([N+](=O)[O-])cc(Cl)c1N. The first-order valence-corrected chi connectivity index (χ1v) is 5.46. The molecule has 0 aliphatic heterocycles. The summed E-state index contributed by atoms with van der Waals surface area (Å²) in [4.78, 5) is 22.0. The molecule has 0 heterocycles. The topological polar surface area (TPSA) is 89.5 Å². The van der Waals surface area contributed by atoms with Gasteiger partial charge in [0.2, 0.25) is 0 Å². The van der Waals surface area contributed by atoms with Gasteiger partial charge in [-0.25, -0.2) is 0 Å². The third-order valence-corrected chi connectivity index (χ3v) is 2.63. The van der Waals surface area contributed by atoms with E-state index in [1.807, 2.05) is 0 Å². The van der Waals surface area contributed by atoms with E-state index in [0.717, 1.165) is 19.2 Å². The Hall–Kier alpha value is -2.03. The molecule has 0 spiro atoms. The number of non-ortho nitro benzene ring substituents is 1. The van der Waals surface area contributed by atoms with Crippen LogP contribution < -0.4 is 5.73 Å². The highest BCUT2D eigenvalue weighted by atomic mass is 35.5. The van der Waals surface area contributed by atoms with Crippen LogP contribution in [0, 0.1) is 10.1 Å². The summed E-state index contributed by atoms with van der Waals surface area (Å²) in [7, 11) is 0.905. The maximum absolute atomic E-state index is 12.2. The Morgan fingerprint density at radius 3 is 2.50 bits per heavy atom. The first kappa shape index (κ1) is 16.0. The Bertz CT molecular complexity index is 563. The summed E-state index contributed by atoms with van der Waals surface area (Å²) in [5.41, 5.74) is 4.18. The molecule has 0 radical (unpaired) electrons. The van der Waals surface area contributed by atoms with E-state index in [0.29, 0.717) is 4.90 Å². The standard InChI is InChI=1S/C10H9ClF3N3O3/c1-16(4-10(12,13)14)9(18)6-2-5(17(19)20)3-7(11)8(6)15/h2-3H,4,15H2,1H3. The lowest BCUT2D eigenvalue weighted by atomic mass is 10.1. The largest absolute Gasteiger partial charge is 0.406 e. The monoisotopic (exact) mass is 311 g/mol. The minimum absolute atomic E-state index is 0.275. The number of nitrogens with two attached hydrogens (primary N) is 1. The summed E-state index contributed by atoms with van der Waals surface area (Å²) in [6.07, 6.45) is -4.59. The van der Waals surface area contributed by atoms with E-state index in [-0.39, 0.29) is 10.7 Å². The first-order valence-electron chi connectivity index (χ1n) is 5.08. The van der Waals surface area contributed by atoms with Crippen LogP contribution in [-0.4, -0.2) is 35.5 Å². The van der Waals surface area contributed by atoms with Crippen molar-refractivity contribution in [2.75, 3.05) is 19.3 Å². The number of nitrogens with zero attached hydrogens (tertiary/aromatic N) is 2. The molecule has 0 bridgehead atoms. The second kappa shape index (κ2) is 5.53. The summed E-state index contributed by atoms with van der Waals surface area (Å²) in [5, 5.41) is 10.4. The van der Waals surface area contributed by atoms with Gasteiger partial charge in [-0.15, -0.1) is 0 Å². The number of nitrogen functional groups attached to an aromatic ring is 1. The van der Waals surface area contributed by atoms with Gasteiger partial charge in [0.25, 0.3) is 11.6 Å². The van der Waals surface area contributed by atoms with E-state index in [1.54, 1.807) is 0 Å². The molecule has 20 heavy (non-hydrogen) atoms. The van der Waals surface area contributed by atoms with Crippen molar-refractivity contribution >= 4 is 28.9 Å². The smallest absolute Gasteiger partial charge is 0.397 e. The third-order valence-electron chi connectivity index (χ3n) is 2.32. The molecule has 110 valence electrons. The van der Waals surface area contributed by atoms with Gasteiger partial charge in [0, 0.05) is 19.2 Å². The Balaban J connectivity index is 3.18. The van der Waals surface area contributed by atoms with E-state index in [2.05, 4.69) is 0 Å². The molecule has 1 aromatic rings. The number of nitro groups is 1. The lowest BCUT2D eigenvalue weighted by Gasteiger charge is -2.19. The summed E-state index contributed by atoms with van der Waals surface area (Å²) < 4.78 is 36.6. The van der Waals surface area contributed by atoms with Gasteiger partial charge < -0.3 is 10.6 Å². The molecule has 0 aliphatic carbocycles. The number of carbonyl (C=O) groups is 1. The number of hydrogen-bond acceptors (Lipinski definition) is 4. The van der Waals surface area contributed by atoms with Crippen molar-refractivity contribution in [3.05, 3.63) is 32.8 Å². The fraction of sp³-hybridized carbons (Fsp3) is 0.300. The number of hydrogen-bond donors (Lipinski definition) is 1. The van der Waals surface area contributed by atoms with Crippen molar-refractivity contribution < 1.29 is 22.9 Å². The fourth-order valence-corrected chi connectivity index (χ4v) is 1.65. The maximum Gasteiger partial charge on any atom is 0.406 e. The Labute approximate surface area is 116 Å². The average molecular weight is 312 g/mol. The van der Waals surface area contributed by atoms with Crippen molar-refractivity contribution in [3.8, 4) is 0 Å². The lowest BCUT2D eigenvalue weighted by molar-refractivity contribution is -0.384. The molecule has 1 rings (SSSR count). The van der Waals surface area contributed by atoms with Gasteiger partial charge in [0.15, 0.2) is 0 Å². The van der Waals surface area contributed by atoms with Crippen molar-refractivity contribution in [1.29, 1.82) is 0 Å². The quantitative estimate of drug-likeness (QED) is 0.527. The predicted molar refractivity (Wildman–Crippen MR) is 65.5 cm³/mol. The van der Waals surface area contributed by atoms with Crippen LogP contribution >= 0.6 is 11.6 Å². The van der Waals surface area contributed by atoms with Crippen molar-refractivity contribution in [1.82, 2.24) is 4.90 Å². The van der Waals surface area contributed by atoms with Crippen LogP contribution in [0.1, 0.15) is 10.4 Å².